The molecule has 0 amide bonds. The zero-order valence-corrected chi connectivity index (χ0v) is 31.1. The van der Waals surface area contributed by atoms with Gasteiger partial charge in [-0.05, 0) is 53.7 Å². The Kier molecular flexibility index (Phi) is 8.65. The summed E-state index contributed by atoms with van der Waals surface area (Å²) in [5.74, 6) is 1.09. The van der Waals surface area contributed by atoms with E-state index in [-0.39, 0.29) is 0 Å². The Labute approximate surface area is 330 Å². The number of aromatic nitrogens is 1. The molecule has 10 aromatic rings. The molecule has 0 fully saturated rings. The maximum Gasteiger partial charge on any atom is 0.161 e. The molecule has 0 radical (unpaired) electrons. The van der Waals surface area contributed by atoms with Gasteiger partial charge in [0.05, 0.1) is 23.3 Å². The van der Waals surface area contributed by atoms with Gasteiger partial charge in [0.2, 0.25) is 0 Å². The average molecular weight is 733 g/mol. The zero-order valence-electron chi connectivity index (χ0n) is 31.1. The van der Waals surface area contributed by atoms with Crippen LogP contribution >= 0.6 is 0 Å². The summed E-state index contributed by atoms with van der Waals surface area (Å²) in [7, 11) is 0. The third-order valence-electron chi connectivity index (χ3n) is 10.6. The van der Waals surface area contributed by atoms with Crippen molar-refractivity contribution >= 4 is 62.1 Å². The van der Waals surface area contributed by atoms with Crippen molar-refractivity contribution in [3.05, 3.63) is 211 Å². The Balaban J connectivity index is 1.20. The van der Waals surface area contributed by atoms with Crippen molar-refractivity contribution in [1.29, 1.82) is 0 Å². The van der Waals surface area contributed by atoms with Crippen LogP contribution in [0.25, 0.3) is 71.7 Å². The van der Waals surface area contributed by atoms with E-state index in [0.29, 0.717) is 18.2 Å². The minimum Gasteiger partial charge on any atom is -0.455 e. The lowest BCUT2D eigenvalue weighted by molar-refractivity contribution is 0.670. The van der Waals surface area contributed by atoms with E-state index in [1.165, 1.54) is 0 Å². The standard InChI is InChI=1S/C52H36N4O/c1-53-51(37-20-9-4-10-21-37)55-52(54-34-35-16-5-2-6-17-35)39-28-30-40(36-18-7-3-8-19-36)48(33-39)56-46-26-13-11-22-42(46)45-32-38(29-31-47(45)56)41-24-15-25-44-43-23-12-14-27-49(43)57-50(41)44/h2-33H,1,34H2/b54-52-,55-51-. The molecule has 0 spiro atoms. The number of aliphatic imine (C=N–C) groups is 3. The van der Waals surface area contributed by atoms with E-state index in [1.807, 2.05) is 60.7 Å². The molecule has 8 aromatic carbocycles. The Morgan fingerprint density at radius 2 is 1.18 bits per heavy atom. The molecule has 10 rings (SSSR count). The molecule has 57 heavy (non-hydrogen) atoms. The lowest BCUT2D eigenvalue weighted by Crippen LogP contribution is -2.07. The van der Waals surface area contributed by atoms with Crippen molar-refractivity contribution < 1.29 is 4.42 Å². The smallest absolute Gasteiger partial charge is 0.161 e. The number of para-hydroxylation sites is 3. The second kappa shape index (κ2) is 14.5. The highest BCUT2D eigenvalue weighted by Gasteiger charge is 2.20. The highest BCUT2D eigenvalue weighted by molar-refractivity contribution is 6.15. The molecular formula is C52H36N4O. The molecule has 0 bridgehead atoms. The van der Waals surface area contributed by atoms with Gasteiger partial charge in [-0.25, -0.2) is 9.98 Å². The molecule has 5 nitrogen and oxygen atoms in total. The van der Waals surface area contributed by atoms with E-state index in [2.05, 4.69) is 150 Å². The molecule has 0 N–H and O–H groups in total. The van der Waals surface area contributed by atoms with Gasteiger partial charge in [-0.2, -0.15) is 0 Å². The van der Waals surface area contributed by atoms with Gasteiger partial charge < -0.3 is 8.98 Å². The Morgan fingerprint density at radius 3 is 1.98 bits per heavy atom. The second-order valence-electron chi connectivity index (χ2n) is 14.0. The number of benzene rings is 8. The van der Waals surface area contributed by atoms with E-state index < -0.39 is 0 Å². The summed E-state index contributed by atoms with van der Waals surface area (Å²) in [6.45, 7) is 4.36. The lowest BCUT2D eigenvalue weighted by Gasteiger charge is -2.16. The summed E-state index contributed by atoms with van der Waals surface area (Å²) in [5.41, 5.74) is 12.2. The van der Waals surface area contributed by atoms with Crippen LogP contribution < -0.4 is 0 Å². The van der Waals surface area contributed by atoms with Gasteiger partial charge in [-0.3, -0.25) is 4.99 Å². The van der Waals surface area contributed by atoms with Crippen molar-refractivity contribution in [2.24, 2.45) is 15.0 Å². The van der Waals surface area contributed by atoms with Crippen LogP contribution in [0.3, 0.4) is 0 Å². The van der Waals surface area contributed by atoms with Gasteiger partial charge in [0.1, 0.15) is 11.2 Å². The summed E-state index contributed by atoms with van der Waals surface area (Å²) in [6, 6.07) is 67.3. The van der Waals surface area contributed by atoms with Crippen LogP contribution in [0, 0.1) is 0 Å². The van der Waals surface area contributed by atoms with Crippen LogP contribution in [0.5, 0.6) is 0 Å². The maximum absolute atomic E-state index is 6.49. The van der Waals surface area contributed by atoms with E-state index >= 15 is 0 Å². The van der Waals surface area contributed by atoms with E-state index in [0.717, 1.165) is 88.4 Å². The minimum atomic E-state index is 0.463. The van der Waals surface area contributed by atoms with Gasteiger partial charge in [-0.15, -0.1) is 0 Å². The monoisotopic (exact) mass is 732 g/mol. The van der Waals surface area contributed by atoms with Crippen molar-refractivity contribution in [2.75, 3.05) is 0 Å². The zero-order chi connectivity index (χ0) is 38.1. The van der Waals surface area contributed by atoms with E-state index in [9.17, 15) is 0 Å². The average Bonchev–Trinajstić information content (AvgIpc) is 3.83. The van der Waals surface area contributed by atoms with Crippen LogP contribution in [0.4, 0.5) is 0 Å². The number of amidine groups is 2. The highest BCUT2D eigenvalue weighted by Crippen LogP contribution is 2.41. The van der Waals surface area contributed by atoms with Crippen molar-refractivity contribution in [3.8, 4) is 27.9 Å². The third kappa shape index (κ3) is 6.21. The number of furan rings is 1. The summed E-state index contributed by atoms with van der Waals surface area (Å²) in [5, 5.41) is 4.55. The highest BCUT2D eigenvalue weighted by atomic mass is 16.3. The predicted molar refractivity (Wildman–Crippen MR) is 238 cm³/mol. The number of fused-ring (bicyclic) bond motifs is 6. The molecule has 0 atom stereocenters. The largest absolute Gasteiger partial charge is 0.455 e. The molecule has 270 valence electrons. The first-order chi connectivity index (χ1) is 28.2. The molecule has 5 heteroatoms. The Hall–Kier alpha value is -7.63. The van der Waals surface area contributed by atoms with Gasteiger partial charge in [0.25, 0.3) is 0 Å². The van der Waals surface area contributed by atoms with Crippen molar-refractivity contribution in [2.45, 2.75) is 6.54 Å². The predicted octanol–water partition coefficient (Wildman–Crippen LogP) is 13.1. The van der Waals surface area contributed by atoms with Crippen LogP contribution in [0.15, 0.2) is 214 Å². The van der Waals surface area contributed by atoms with Gasteiger partial charge in [0, 0.05) is 43.8 Å². The van der Waals surface area contributed by atoms with Crippen LogP contribution in [-0.4, -0.2) is 23.0 Å². The molecule has 0 unspecified atom stereocenters. The normalized spacial score (nSPS) is 12.2. The number of hydrogen-bond acceptors (Lipinski definition) is 2. The number of hydrogen-bond donors (Lipinski definition) is 0. The molecule has 2 heterocycles. The number of nitrogens with zero attached hydrogens (tertiary/aromatic N) is 4. The molecule has 0 saturated carbocycles. The third-order valence-corrected chi connectivity index (χ3v) is 10.6. The second-order valence-corrected chi connectivity index (χ2v) is 14.0. The van der Waals surface area contributed by atoms with Gasteiger partial charge in [-0.1, -0.05) is 164 Å². The fourth-order valence-corrected chi connectivity index (χ4v) is 7.91. The molecule has 0 aliphatic carbocycles. The fraction of sp³-hybridized carbons (Fsp3) is 0.0192. The van der Waals surface area contributed by atoms with E-state index in [4.69, 9.17) is 14.4 Å². The molecular weight excluding hydrogens is 697 g/mol. The minimum absolute atomic E-state index is 0.463. The quantitative estimate of drug-likeness (QED) is 0.119. The van der Waals surface area contributed by atoms with E-state index in [1.54, 1.807) is 0 Å². The summed E-state index contributed by atoms with van der Waals surface area (Å²) in [4.78, 5) is 14.6. The first kappa shape index (κ1) is 33.9. The summed E-state index contributed by atoms with van der Waals surface area (Å²) in [6.07, 6.45) is 0. The lowest BCUT2D eigenvalue weighted by atomic mass is 9.99. The Bertz CT molecular complexity index is 3160. The molecule has 0 aliphatic heterocycles. The SMILES string of the molecule is C=N/C(=N\C(=N/Cc1ccccc1)c1ccc(-c2ccccc2)c(-n2c3ccccc3c3cc(-c4cccc5c4oc4ccccc45)ccc32)c1)c1ccccc1. The first-order valence-electron chi connectivity index (χ1n) is 19.1. The number of rotatable bonds is 7. The molecule has 0 aliphatic rings. The maximum atomic E-state index is 6.49. The van der Waals surface area contributed by atoms with Gasteiger partial charge >= 0.3 is 0 Å². The van der Waals surface area contributed by atoms with Crippen LogP contribution in [-0.2, 0) is 6.54 Å². The van der Waals surface area contributed by atoms with Crippen molar-refractivity contribution in [3.63, 3.8) is 0 Å². The molecule has 0 saturated heterocycles. The summed E-state index contributed by atoms with van der Waals surface area (Å²) < 4.78 is 8.87. The topological polar surface area (TPSA) is 55.1 Å². The van der Waals surface area contributed by atoms with Crippen molar-refractivity contribution in [1.82, 2.24) is 4.57 Å². The first-order valence-corrected chi connectivity index (χ1v) is 19.1. The molecule has 2 aromatic heterocycles. The van der Waals surface area contributed by atoms with Gasteiger partial charge in [0.15, 0.2) is 11.7 Å². The Morgan fingerprint density at radius 1 is 0.491 bits per heavy atom. The van der Waals surface area contributed by atoms with Crippen LogP contribution in [0.2, 0.25) is 0 Å². The fourth-order valence-electron chi connectivity index (χ4n) is 7.91. The summed E-state index contributed by atoms with van der Waals surface area (Å²) >= 11 is 0. The van der Waals surface area contributed by atoms with Crippen LogP contribution in [0.1, 0.15) is 16.7 Å².